The Morgan fingerprint density at radius 2 is 1.81 bits per heavy atom. The molecule has 9 heteroatoms. The number of benzene rings is 1. The molecule has 26 heavy (non-hydrogen) atoms. The molecule has 0 saturated heterocycles. The first-order valence-corrected chi connectivity index (χ1v) is 9.98. The van der Waals surface area contributed by atoms with Crippen LogP contribution in [0.15, 0.2) is 58.6 Å². The number of hydrogen-bond donors (Lipinski definition) is 2. The largest absolute Gasteiger partial charge is 0.346 e. The van der Waals surface area contributed by atoms with Crippen molar-refractivity contribution in [1.82, 2.24) is 10.6 Å². The molecule has 1 atom stereocenters. The summed E-state index contributed by atoms with van der Waals surface area (Å²) in [6, 6.07) is 8.02. The van der Waals surface area contributed by atoms with Crippen molar-refractivity contribution in [2.75, 3.05) is 13.1 Å². The van der Waals surface area contributed by atoms with E-state index in [4.69, 9.17) is 0 Å². The Bertz CT molecular complexity index is 878. The summed E-state index contributed by atoms with van der Waals surface area (Å²) in [6.07, 6.45) is 1.41. The minimum absolute atomic E-state index is 0.112. The second-order valence-electron chi connectivity index (χ2n) is 5.23. The Morgan fingerprint density at radius 1 is 1.15 bits per heavy atom. The third-order valence-electron chi connectivity index (χ3n) is 3.45. The van der Waals surface area contributed by atoms with E-state index in [2.05, 4.69) is 17.2 Å². The zero-order valence-electron chi connectivity index (χ0n) is 13.6. The van der Waals surface area contributed by atoms with Crippen molar-refractivity contribution in [1.29, 1.82) is 0 Å². The lowest BCUT2D eigenvalue weighted by molar-refractivity contribution is -0.139. The number of sulfone groups is 1. The highest BCUT2D eigenvalue weighted by molar-refractivity contribution is 7.93. The number of amides is 2. The Morgan fingerprint density at radius 3 is 2.38 bits per heavy atom. The monoisotopic (exact) mass is 396 g/mol. The van der Waals surface area contributed by atoms with Crippen LogP contribution in [0.2, 0.25) is 0 Å². The molecule has 2 rings (SSSR count). The number of rotatable bonds is 7. The average Bonchev–Trinajstić information content (AvgIpc) is 3.16. The summed E-state index contributed by atoms with van der Waals surface area (Å²) in [7, 11) is -3.83. The molecule has 0 radical (unpaired) electrons. The highest BCUT2D eigenvalue weighted by atomic mass is 32.2. The van der Waals surface area contributed by atoms with Gasteiger partial charge in [-0.15, -0.1) is 17.9 Å². The van der Waals surface area contributed by atoms with E-state index in [-0.39, 0.29) is 17.3 Å². The van der Waals surface area contributed by atoms with Crippen molar-refractivity contribution in [3.8, 4) is 0 Å². The van der Waals surface area contributed by atoms with Gasteiger partial charge in [0.2, 0.25) is 0 Å². The zero-order valence-corrected chi connectivity index (χ0v) is 15.3. The van der Waals surface area contributed by atoms with Crippen molar-refractivity contribution in [3.63, 3.8) is 0 Å². The summed E-state index contributed by atoms with van der Waals surface area (Å²) in [5.74, 6) is -2.36. The van der Waals surface area contributed by atoms with E-state index in [1.807, 2.05) is 0 Å². The van der Waals surface area contributed by atoms with Crippen LogP contribution in [0, 0.1) is 5.82 Å². The highest BCUT2D eigenvalue weighted by Crippen LogP contribution is 2.31. The Hall–Kier alpha value is -2.52. The molecule has 6 nitrogen and oxygen atoms in total. The smallest absolute Gasteiger partial charge is 0.309 e. The average molecular weight is 396 g/mol. The molecule has 0 saturated carbocycles. The van der Waals surface area contributed by atoms with Crippen LogP contribution >= 0.6 is 11.3 Å². The predicted molar refractivity (Wildman–Crippen MR) is 96.9 cm³/mol. The van der Waals surface area contributed by atoms with Gasteiger partial charge in [0, 0.05) is 13.1 Å². The van der Waals surface area contributed by atoms with Crippen molar-refractivity contribution < 1.29 is 22.4 Å². The van der Waals surface area contributed by atoms with E-state index < -0.39 is 32.7 Å². The molecule has 0 bridgehead atoms. The number of carbonyl (C=O) groups excluding carboxylic acids is 2. The van der Waals surface area contributed by atoms with Gasteiger partial charge in [0.1, 0.15) is 15.3 Å². The standard InChI is InChI=1S/C17H17FN2O4S2/c1-2-9-19-16(21)17(22)20-11-14(12-5-7-13(18)8-6-12)26(23,24)15-4-3-10-25-15/h2-8,10,14H,1,9,11H2,(H,19,21)(H,20,22)/t14-/m1/s1. The Labute approximate surface area is 154 Å². The van der Waals surface area contributed by atoms with Gasteiger partial charge in [-0.2, -0.15) is 0 Å². The van der Waals surface area contributed by atoms with Gasteiger partial charge in [0.05, 0.1) is 0 Å². The van der Waals surface area contributed by atoms with Crippen LogP contribution in [-0.2, 0) is 19.4 Å². The first-order valence-electron chi connectivity index (χ1n) is 7.56. The maximum Gasteiger partial charge on any atom is 0.309 e. The van der Waals surface area contributed by atoms with E-state index in [9.17, 15) is 22.4 Å². The van der Waals surface area contributed by atoms with Gasteiger partial charge in [-0.3, -0.25) is 9.59 Å². The van der Waals surface area contributed by atoms with Crippen molar-refractivity contribution in [3.05, 3.63) is 65.8 Å². The van der Waals surface area contributed by atoms with Gasteiger partial charge in [-0.05, 0) is 29.1 Å². The third-order valence-corrected chi connectivity index (χ3v) is 6.99. The first-order chi connectivity index (χ1) is 12.4. The van der Waals surface area contributed by atoms with Gasteiger partial charge in [0.25, 0.3) is 0 Å². The molecule has 2 aromatic rings. The number of carbonyl (C=O) groups is 2. The molecular weight excluding hydrogens is 379 g/mol. The molecule has 2 amide bonds. The minimum Gasteiger partial charge on any atom is -0.346 e. The first kappa shape index (κ1) is 19.8. The lowest BCUT2D eigenvalue weighted by Gasteiger charge is -2.18. The molecular formula is C17H17FN2O4S2. The van der Waals surface area contributed by atoms with Gasteiger partial charge < -0.3 is 10.6 Å². The molecule has 1 heterocycles. The molecule has 0 unspecified atom stereocenters. The summed E-state index contributed by atoms with van der Waals surface area (Å²) in [4.78, 5) is 23.4. The Kier molecular flexibility index (Phi) is 6.64. The van der Waals surface area contributed by atoms with Crippen molar-refractivity contribution in [2.45, 2.75) is 9.46 Å². The van der Waals surface area contributed by atoms with Crippen LogP contribution in [0.3, 0.4) is 0 Å². The fourth-order valence-electron chi connectivity index (χ4n) is 2.16. The number of halogens is 1. The van der Waals surface area contributed by atoms with Crippen LogP contribution in [0.4, 0.5) is 4.39 Å². The normalized spacial score (nSPS) is 12.2. The molecule has 0 aliphatic carbocycles. The minimum atomic E-state index is -3.83. The molecule has 1 aromatic heterocycles. The van der Waals surface area contributed by atoms with Crippen molar-refractivity contribution in [2.24, 2.45) is 0 Å². The SMILES string of the molecule is C=CCNC(=O)C(=O)NC[C@H](c1ccc(F)cc1)S(=O)(=O)c1cccs1. The van der Waals surface area contributed by atoms with E-state index in [0.29, 0.717) is 5.56 Å². The van der Waals surface area contributed by atoms with E-state index in [1.54, 1.807) is 11.4 Å². The van der Waals surface area contributed by atoms with Crippen molar-refractivity contribution >= 4 is 33.0 Å². The number of thiophene rings is 1. The zero-order chi connectivity index (χ0) is 19.2. The Balaban J connectivity index is 2.24. The van der Waals surface area contributed by atoms with Crippen LogP contribution < -0.4 is 10.6 Å². The molecule has 0 aliphatic heterocycles. The van der Waals surface area contributed by atoms with Gasteiger partial charge >= 0.3 is 11.8 Å². The molecule has 1 aromatic carbocycles. The molecule has 0 spiro atoms. The number of nitrogens with one attached hydrogen (secondary N) is 2. The second kappa shape index (κ2) is 8.72. The highest BCUT2D eigenvalue weighted by Gasteiger charge is 2.31. The van der Waals surface area contributed by atoms with E-state index >= 15 is 0 Å². The summed E-state index contributed by atoms with van der Waals surface area (Å²) in [6.45, 7) is 3.20. The summed E-state index contributed by atoms with van der Waals surface area (Å²) < 4.78 is 39.1. The second-order valence-corrected chi connectivity index (χ2v) is 8.53. The fourth-order valence-corrected chi connectivity index (χ4v) is 5.03. The van der Waals surface area contributed by atoms with Gasteiger partial charge in [0.15, 0.2) is 9.84 Å². The quantitative estimate of drug-likeness (QED) is 0.552. The summed E-state index contributed by atoms with van der Waals surface area (Å²) >= 11 is 1.04. The topological polar surface area (TPSA) is 92.3 Å². The maximum atomic E-state index is 13.2. The predicted octanol–water partition coefficient (Wildman–Crippen LogP) is 1.82. The maximum absolute atomic E-state index is 13.2. The van der Waals surface area contributed by atoms with Crippen LogP contribution in [-0.4, -0.2) is 33.3 Å². The van der Waals surface area contributed by atoms with Crippen LogP contribution in [0.25, 0.3) is 0 Å². The lowest BCUT2D eigenvalue weighted by Crippen LogP contribution is -2.42. The molecule has 0 aliphatic rings. The third kappa shape index (κ3) is 4.77. The molecule has 0 fully saturated rings. The van der Waals surface area contributed by atoms with E-state index in [1.165, 1.54) is 24.3 Å². The number of hydrogen-bond acceptors (Lipinski definition) is 5. The molecule has 138 valence electrons. The van der Waals surface area contributed by atoms with Gasteiger partial charge in [-0.1, -0.05) is 24.3 Å². The summed E-state index contributed by atoms with van der Waals surface area (Å²) in [5, 5.41) is 5.09. The van der Waals surface area contributed by atoms with Crippen LogP contribution in [0.1, 0.15) is 10.8 Å². The fraction of sp³-hybridized carbons (Fsp3) is 0.176. The summed E-state index contributed by atoms with van der Waals surface area (Å²) in [5.41, 5.74) is 0.312. The van der Waals surface area contributed by atoms with E-state index in [0.717, 1.165) is 23.5 Å². The van der Waals surface area contributed by atoms with Gasteiger partial charge in [-0.25, -0.2) is 12.8 Å². The van der Waals surface area contributed by atoms with Crippen LogP contribution in [0.5, 0.6) is 0 Å². The molecule has 2 N–H and O–H groups in total. The lowest BCUT2D eigenvalue weighted by atomic mass is 10.1.